The predicted octanol–water partition coefficient (Wildman–Crippen LogP) is 3.98. The van der Waals surface area contributed by atoms with Crippen LogP contribution in [0, 0.1) is 5.92 Å². The van der Waals surface area contributed by atoms with Crippen LogP contribution in [0.1, 0.15) is 62.6 Å². The summed E-state index contributed by atoms with van der Waals surface area (Å²) in [5.41, 5.74) is 9.18. The molecule has 0 aromatic heterocycles. The maximum Gasteiger partial charge on any atom is 0.123 e. The van der Waals surface area contributed by atoms with E-state index < -0.39 is 0 Å². The first-order valence-electron chi connectivity index (χ1n) is 7.79. The summed E-state index contributed by atoms with van der Waals surface area (Å²) < 4.78 is 5.77. The summed E-state index contributed by atoms with van der Waals surface area (Å²) in [4.78, 5) is 0. The maximum atomic E-state index is 6.53. The van der Waals surface area contributed by atoms with E-state index in [4.69, 9.17) is 10.5 Å². The highest BCUT2D eigenvalue weighted by Crippen LogP contribution is 2.35. The summed E-state index contributed by atoms with van der Waals surface area (Å²) in [5, 5.41) is 0. The van der Waals surface area contributed by atoms with E-state index >= 15 is 0 Å². The van der Waals surface area contributed by atoms with Crippen LogP contribution in [0.2, 0.25) is 0 Å². The SMILES string of the molecule is CC1Cc2cc(C(N)C3CCCCCC3)ccc2O1. The van der Waals surface area contributed by atoms with Crippen molar-refractivity contribution in [3.8, 4) is 5.75 Å². The van der Waals surface area contributed by atoms with Crippen LogP contribution in [0.3, 0.4) is 0 Å². The van der Waals surface area contributed by atoms with Crippen molar-refractivity contribution in [3.63, 3.8) is 0 Å². The molecule has 0 saturated heterocycles. The maximum absolute atomic E-state index is 6.53. The molecule has 2 nitrogen and oxygen atoms in total. The first kappa shape index (κ1) is 13.0. The predicted molar refractivity (Wildman–Crippen MR) is 78.4 cm³/mol. The van der Waals surface area contributed by atoms with E-state index in [-0.39, 0.29) is 6.04 Å². The van der Waals surface area contributed by atoms with Gasteiger partial charge < -0.3 is 10.5 Å². The van der Waals surface area contributed by atoms with Crippen molar-refractivity contribution in [1.29, 1.82) is 0 Å². The van der Waals surface area contributed by atoms with Crippen molar-refractivity contribution in [1.82, 2.24) is 0 Å². The summed E-state index contributed by atoms with van der Waals surface area (Å²) in [5.74, 6) is 1.73. The van der Waals surface area contributed by atoms with Gasteiger partial charge >= 0.3 is 0 Å². The first-order chi connectivity index (χ1) is 9.24. The van der Waals surface area contributed by atoms with Crippen molar-refractivity contribution >= 4 is 0 Å². The van der Waals surface area contributed by atoms with Gasteiger partial charge in [-0.25, -0.2) is 0 Å². The summed E-state index contributed by atoms with van der Waals surface area (Å²) in [6.07, 6.45) is 9.42. The van der Waals surface area contributed by atoms with Crippen LogP contribution in [0.4, 0.5) is 0 Å². The quantitative estimate of drug-likeness (QED) is 0.815. The normalized spacial score (nSPS) is 25.5. The average molecular weight is 259 g/mol. The highest BCUT2D eigenvalue weighted by Gasteiger charge is 2.24. The second kappa shape index (κ2) is 5.54. The van der Waals surface area contributed by atoms with Crippen LogP contribution < -0.4 is 10.5 Å². The monoisotopic (exact) mass is 259 g/mol. The molecule has 1 fully saturated rings. The molecule has 3 rings (SSSR count). The molecule has 2 N–H and O–H groups in total. The third kappa shape index (κ3) is 2.79. The second-order valence-electron chi connectivity index (χ2n) is 6.28. The van der Waals surface area contributed by atoms with Crippen LogP contribution in [0.25, 0.3) is 0 Å². The minimum absolute atomic E-state index is 0.208. The second-order valence-corrected chi connectivity index (χ2v) is 6.28. The average Bonchev–Trinajstić information content (AvgIpc) is 2.63. The molecule has 19 heavy (non-hydrogen) atoms. The number of benzene rings is 1. The molecular formula is C17H25NO. The van der Waals surface area contributed by atoms with Crippen LogP contribution in [-0.4, -0.2) is 6.10 Å². The third-order valence-electron chi connectivity index (χ3n) is 4.71. The first-order valence-corrected chi connectivity index (χ1v) is 7.79. The Kier molecular flexibility index (Phi) is 3.79. The lowest BCUT2D eigenvalue weighted by Gasteiger charge is -2.23. The smallest absolute Gasteiger partial charge is 0.123 e. The van der Waals surface area contributed by atoms with Gasteiger partial charge in [0.1, 0.15) is 11.9 Å². The van der Waals surface area contributed by atoms with Gasteiger partial charge in [0.2, 0.25) is 0 Å². The summed E-state index contributed by atoms with van der Waals surface area (Å²) in [6, 6.07) is 6.78. The number of ether oxygens (including phenoxy) is 1. The van der Waals surface area contributed by atoms with Crippen molar-refractivity contribution in [2.45, 2.75) is 64.0 Å². The van der Waals surface area contributed by atoms with Gasteiger partial charge in [-0.2, -0.15) is 0 Å². The van der Waals surface area contributed by atoms with Gasteiger partial charge in [-0.3, -0.25) is 0 Å². The number of fused-ring (bicyclic) bond motifs is 1. The molecule has 0 amide bonds. The molecule has 2 unspecified atom stereocenters. The van der Waals surface area contributed by atoms with E-state index in [9.17, 15) is 0 Å². The zero-order chi connectivity index (χ0) is 13.2. The molecule has 1 aromatic rings. The lowest BCUT2D eigenvalue weighted by atomic mass is 9.87. The molecule has 1 heterocycles. The van der Waals surface area contributed by atoms with Crippen molar-refractivity contribution in [2.75, 3.05) is 0 Å². The largest absolute Gasteiger partial charge is 0.490 e. The Labute approximate surface area is 116 Å². The molecule has 2 heteroatoms. The van der Waals surface area contributed by atoms with Crippen molar-refractivity contribution in [2.24, 2.45) is 11.7 Å². The topological polar surface area (TPSA) is 35.2 Å². The van der Waals surface area contributed by atoms with Crippen LogP contribution in [-0.2, 0) is 6.42 Å². The van der Waals surface area contributed by atoms with Crippen molar-refractivity contribution < 1.29 is 4.74 Å². The molecule has 0 bridgehead atoms. The van der Waals surface area contributed by atoms with Gasteiger partial charge in [0.25, 0.3) is 0 Å². The molecule has 1 aromatic carbocycles. The van der Waals surface area contributed by atoms with Crippen LogP contribution in [0.5, 0.6) is 5.75 Å². The van der Waals surface area contributed by atoms with Gasteiger partial charge in [0.15, 0.2) is 0 Å². The van der Waals surface area contributed by atoms with Crippen LogP contribution >= 0.6 is 0 Å². The molecule has 0 spiro atoms. The standard InChI is InChI=1S/C17H25NO/c1-12-10-15-11-14(8-9-16(15)19-12)17(18)13-6-4-2-3-5-7-13/h8-9,11-13,17H,2-7,10,18H2,1H3. The number of hydrogen-bond donors (Lipinski definition) is 1. The molecule has 104 valence electrons. The Morgan fingerprint density at radius 1 is 1.16 bits per heavy atom. The van der Waals surface area contributed by atoms with Crippen LogP contribution in [0.15, 0.2) is 18.2 Å². The summed E-state index contributed by atoms with van der Waals surface area (Å²) in [7, 11) is 0. The Hall–Kier alpha value is -1.02. The van der Waals surface area contributed by atoms with Gasteiger partial charge in [0, 0.05) is 12.5 Å². The minimum atomic E-state index is 0.208. The van der Waals surface area contributed by atoms with Gasteiger partial charge in [-0.05, 0) is 42.9 Å². The third-order valence-corrected chi connectivity index (χ3v) is 4.71. The molecule has 0 radical (unpaired) electrons. The molecular weight excluding hydrogens is 234 g/mol. The fourth-order valence-electron chi connectivity index (χ4n) is 3.59. The number of nitrogens with two attached hydrogens (primary N) is 1. The summed E-state index contributed by atoms with van der Waals surface area (Å²) >= 11 is 0. The zero-order valence-electron chi connectivity index (χ0n) is 11.9. The van der Waals surface area contributed by atoms with Gasteiger partial charge in [-0.15, -0.1) is 0 Å². The lowest BCUT2D eigenvalue weighted by Crippen LogP contribution is -2.21. The fourth-order valence-corrected chi connectivity index (χ4v) is 3.59. The van der Waals surface area contributed by atoms with E-state index in [0.29, 0.717) is 12.0 Å². The van der Waals surface area contributed by atoms with E-state index in [0.717, 1.165) is 12.2 Å². The minimum Gasteiger partial charge on any atom is -0.490 e. The molecule has 2 atom stereocenters. The highest BCUT2D eigenvalue weighted by atomic mass is 16.5. The van der Waals surface area contributed by atoms with Crippen molar-refractivity contribution in [3.05, 3.63) is 29.3 Å². The fraction of sp³-hybridized carbons (Fsp3) is 0.647. The van der Waals surface area contributed by atoms with Gasteiger partial charge in [-0.1, -0.05) is 37.8 Å². The Morgan fingerprint density at radius 2 is 1.89 bits per heavy atom. The Balaban J connectivity index is 1.76. The lowest BCUT2D eigenvalue weighted by molar-refractivity contribution is 0.254. The molecule has 1 aliphatic heterocycles. The van der Waals surface area contributed by atoms with Gasteiger partial charge in [0.05, 0.1) is 0 Å². The molecule has 1 saturated carbocycles. The van der Waals surface area contributed by atoms with E-state index in [2.05, 4.69) is 25.1 Å². The Bertz CT molecular complexity index is 435. The highest BCUT2D eigenvalue weighted by molar-refractivity contribution is 5.41. The van der Waals surface area contributed by atoms with E-state index in [1.807, 2.05) is 0 Å². The zero-order valence-corrected chi connectivity index (χ0v) is 11.9. The summed E-state index contributed by atoms with van der Waals surface area (Å²) in [6.45, 7) is 2.13. The number of hydrogen-bond acceptors (Lipinski definition) is 2. The van der Waals surface area contributed by atoms with E-state index in [1.165, 1.54) is 49.7 Å². The molecule has 1 aliphatic carbocycles. The number of rotatable bonds is 2. The molecule has 2 aliphatic rings. The van der Waals surface area contributed by atoms with E-state index in [1.54, 1.807) is 0 Å². The Morgan fingerprint density at radius 3 is 2.63 bits per heavy atom.